The molecule has 0 aliphatic heterocycles. The molecule has 2 N–H and O–H groups in total. The largest absolute Gasteiger partial charge is 0.356 e. The standard InChI is InChI=1S/C21H18ClN3O5S/c1-13(26)25-31(28,29)17-8-6-16(7-9-17)23-20(27)21(10-11-21)19-12-18(30-24-19)14-2-4-15(22)5-3-14/h2-9,12H,10-11H2,1H3,(H,23,27)(H,25,26). The Balaban J connectivity index is 1.49. The van der Waals surface area contributed by atoms with E-state index in [0.717, 1.165) is 12.5 Å². The van der Waals surface area contributed by atoms with Crippen molar-refractivity contribution in [1.29, 1.82) is 0 Å². The lowest BCUT2D eigenvalue weighted by Gasteiger charge is -2.13. The molecule has 1 heterocycles. The molecule has 0 atom stereocenters. The summed E-state index contributed by atoms with van der Waals surface area (Å²) in [5, 5.41) is 7.51. The average Bonchev–Trinajstić information content (AvgIpc) is 3.38. The van der Waals surface area contributed by atoms with E-state index in [0.29, 0.717) is 35.0 Å². The molecule has 2 amide bonds. The van der Waals surface area contributed by atoms with Gasteiger partial charge in [0.05, 0.1) is 16.0 Å². The zero-order valence-corrected chi connectivity index (χ0v) is 18.0. The van der Waals surface area contributed by atoms with Gasteiger partial charge in [-0.15, -0.1) is 0 Å². The van der Waals surface area contributed by atoms with Crippen molar-refractivity contribution < 1.29 is 22.5 Å². The molecule has 0 saturated heterocycles. The minimum atomic E-state index is -3.93. The van der Waals surface area contributed by atoms with Crippen LogP contribution in [0.1, 0.15) is 25.5 Å². The van der Waals surface area contributed by atoms with Crippen LogP contribution in [0.3, 0.4) is 0 Å². The predicted molar refractivity (Wildman–Crippen MR) is 114 cm³/mol. The Morgan fingerprint density at radius 3 is 2.29 bits per heavy atom. The number of benzene rings is 2. The summed E-state index contributed by atoms with van der Waals surface area (Å²) in [7, 11) is -3.93. The first-order valence-electron chi connectivity index (χ1n) is 9.38. The minimum Gasteiger partial charge on any atom is -0.356 e. The first-order valence-corrected chi connectivity index (χ1v) is 11.2. The number of aromatic nitrogens is 1. The minimum absolute atomic E-state index is 0.0778. The van der Waals surface area contributed by atoms with Gasteiger partial charge in [-0.2, -0.15) is 0 Å². The van der Waals surface area contributed by atoms with Gasteiger partial charge in [-0.1, -0.05) is 16.8 Å². The maximum Gasteiger partial charge on any atom is 0.264 e. The van der Waals surface area contributed by atoms with Gasteiger partial charge in [0.15, 0.2) is 5.76 Å². The molecule has 8 nitrogen and oxygen atoms in total. The summed E-state index contributed by atoms with van der Waals surface area (Å²) in [4.78, 5) is 23.9. The number of amides is 2. The van der Waals surface area contributed by atoms with Crippen LogP contribution < -0.4 is 10.0 Å². The Morgan fingerprint density at radius 1 is 1.06 bits per heavy atom. The van der Waals surface area contributed by atoms with Crippen molar-refractivity contribution in [3.63, 3.8) is 0 Å². The molecule has 1 aliphatic rings. The predicted octanol–water partition coefficient (Wildman–Crippen LogP) is 3.49. The smallest absolute Gasteiger partial charge is 0.264 e. The van der Waals surface area contributed by atoms with Crippen LogP contribution in [0.5, 0.6) is 0 Å². The molecule has 0 unspecified atom stereocenters. The van der Waals surface area contributed by atoms with Gasteiger partial charge in [-0.3, -0.25) is 9.59 Å². The van der Waals surface area contributed by atoms with E-state index in [2.05, 4.69) is 10.5 Å². The van der Waals surface area contributed by atoms with Gasteiger partial charge >= 0.3 is 0 Å². The SMILES string of the molecule is CC(=O)NS(=O)(=O)c1ccc(NC(=O)C2(c3cc(-c4ccc(Cl)cc4)on3)CC2)cc1. The maximum atomic E-state index is 12.9. The molecule has 1 aromatic heterocycles. The van der Waals surface area contributed by atoms with E-state index in [-0.39, 0.29) is 10.8 Å². The highest BCUT2D eigenvalue weighted by molar-refractivity contribution is 7.90. The second-order valence-electron chi connectivity index (χ2n) is 7.31. The Bertz CT molecular complexity index is 1250. The normalized spacial score (nSPS) is 14.6. The molecule has 1 saturated carbocycles. The summed E-state index contributed by atoms with van der Waals surface area (Å²) in [6.07, 6.45) is 1.25. The number of halogens is 1. The molecule has 2 aromatic carbocycles. The van der Waals surface area contributed by atoms with Crippen LogP contribution in [0.25, 0.3) is 11.3 Å². The van der Waals surface area contributed by atoms with Crippen LogP contribution in [-0.4, -0.2) is 25.4 Å². The van der Waals surface area contributed by atoms with E-state index >= 15 is 0 Å². The van der Waals surface area contributed by atoms with Crippen molar-refractivity contribution in [3.05, 3.63) is 65.3 Å². The molecule has 3 aromatic rings. The van der Waals surface area contributed by atoms with Crippen molar-refractivity contribution in [3.8, 4) is 11.3 Å². The summed E-state index contributed by atoms with van der Waals surface area (Å²) in [5.74, 6) is -0.391. The van der Waals surface area contributed by atoms with E-state index < -0.39 is 21.3 Å². The number of hydrogen-bond donors (Lipinski definition) is 2. The molecule has 4 rings (SSSR count). The van der Waals surface area contributed by atoms with Crippen molar-refractivity contribution >= 4 is 39.1 Å². The van der Waals surface area contributed by atoms with Crippen molar-refractivity contribution in [2.24, 2.45) is 0 Å². The van der Waals surface area contributed by atoms with Crippen molar-refractivity contribution in [1.82, 2.24) is 9.88 Å². The zero-order valence-electron chi connectivity index (χ0n) is 16.4. The van der Waals surface area contributed by atoms with Gasteiger partial charge in [0.2, 0.25) is 11.8 Å². The summed E-state index contributed by atoms with van der Waals surface area (Å²) in [5.41, 5.74) is 0.990. The average molecular weight is 460 g/mol. The molecule has 0 bridgehead atoms. The fourth-order valence-electron chi connectivity index (χ4n) is 3.19. The van der Waals surface area contributed by atoms with Crippen molar-refractivity contribution in [2.75, 3.05) is 5.32 Å². The maximum absolute atomic E-state index is 12.9. The van der Waals surface area contributed by atoms with E-state index in [4.69, 9.17) is 16.1 Å². The molecule has 10 heteroatoms. The Morgan fingerprint density at radius 2 is 1.71 bits per heavy atom. The number of carbonyl (C=O) groups is 2. The van der Waals surface area contributed by atoms with Crippen LogP contribution in [0.4, 0.5) is 5.69 Å². The summed E-state index contributed by atoms with van der Waals surface area (Å²) in [6.45, 7) is 1.11. The van der Waals surface area contributed by atoms with Crippen molar-refractivity contribution in [2.45, 2.75) is 30.1 Å². The summed E-state index contributed by atoms with van der Waals surface area (Å²) >= 11 is 5.91. The van der Waals surface area contributed by atoms with E-state index in [1.807, 2.05) is 16.9 Å². The third kappa shape index (κ3) is 4.33. The van der Waals surface area contributed by atoms with Crippen LogP contribution in [0.15, 0.2) is 64.0 Å². The molecular formula is C21H18ClN3O5S. The number of anilines is 1. The highest BCUT2D eigenvalue weighted by Gasteiger charge is 2.53. The quantitative estimate of drug-likeness (QED) is 0.582. The molecule has 0 radical (unpaired) electrons. The monoisotopic (exact) mass is 459 g/mol. The van der Waals surface area contributed by atoms with E-state index in [1.165, 1.54) is 24.3 Å². The molecule has 0 spiro atoms. The number of nitrogens with zero attached hydrogens (tertiary/aromatic N) is 1. The van der Waals surface area contributed by atoms with E-state index in [1.54, 1.807) is 18.2 Å². The van der Waals surface area contributed by atoms with Crippen LogP contribution in [-0.2, 0) is 25.0 Å². The molecule has 31 heavy (non-hydrogen) atoms. The first kappa shape index (κ1) is 21.1. The Hall–Kier alpha value is -3.17. The Kier molecular flexibility index (Phi) is 5.32. The fraction of sp³-hybridized carbons (Fsp3) is 0.190. The second-order valence-corrected chi connectivity index (χ2v) is 9.42. The third-order valence-corrected chi connectivity index (χ3v) is 6.72. The van der Waals surface area contributed by atoms with Gasteiger partial charge in [0.25, 0.3) is 10.0 Å². The number of hydrogen-bond acceptors (Lipinski definition) is 6. The van der Waals surface area contributed by atoms with Gasteiger partial charge in [0, 0.05) is 29.3 Å². The highest BCUT2D eigenvalue weighted by Crippen LogP contribution is 2.49. The third-order valence-electron chi connectivity index (χ3n) is 5.01. The highest BCUT2D eigenvalue weighted by atomic mass is 35.5. The van der Waals surface area contributed by atoms with Crippen LogP contribution >= 0.6 is 11.6 Å². The molecule has 1 aliphatic carbocycles. The lowest BCUT2D eigenvalue weighted by molar-refractivity contribution is -0.119. The zero-order chi connectivity index (χ0) is 22.2. The summed E-state index contributed by atoms with van der Waals surface area (Å²) in [6, 6.07) is 14.4. The number of rotatable bonds is 6. The van der Waals surface area contributed by atoms with Crippen LogP contribution in [0, 0.1) is 0 Å². The van der Waals surface area contributed by atoms with Crippen LogP contribution in [0.2, 0.25) is 5.02 Å². The van der Waals surface area contributed by atoms with Gasteiger partial charge in [0.1, 0.15) is 0 Å². The first-order chi connectivity index (χ1) is 14.7. The van der Waals surface area contributed by atoms with Gasteiger partial charge < -0.3 is 9.84 Å². The number of carbonyl (C=O) groups excluding carboxylic acids is 2. The lowest BCUT2D eigenvalue weighted by Crippen LogP contribution is -2.29. The lowest BCUT2D eigenvalue weighted by atomic mass is 10.00. The molecule has 160 valence electrons. The topological polar surface area (TPSA) is 118 Å². The number of nitrogens with one attached hydrogen (secondary N) is 2. The Labute approximate surface area is 183 Å². The van der Waals surface area contributed by atoms with Gasteiger partial charge in [-0.05, 0) is 61.4 Å². The summed E-state index contributed by atoms with van der Waals surface area (Å²) < 4.78 is 31.4. The molecule has 1 fully saturated rings. The van der Waals surface area contributed by atoms with E-state index in [9.17, 15) is 18.0 Å². The second kappa shape index (κ2) is 7.82. The number of sulfonamides is 1. The molecular weight excluding hydrogens is 442 g/mol. The van der Waals surface area contributed by atoms with Gasteiger partial charge in [-0.25, -0.2) is 13.1 Å². The fourth-order valence-corrected chi connectivity index (χ4v) is 4.31.